The van der Waals surface area contributed by atoms with Crippen molar-refractivity contribution in [2.24, 2.45) is 0 Å². The van der Waals surface area contributed by atoms with E-state index in [1.54, 1.807) is 19.2 Å². The van der Waals surface area contributed by atoms with Crippen LogP contribution in [0.5, 0.6) is 11.5 Å². The number of aryl methyl sites for hydroxylation is 1. The van der Waals surface area contributed by atoms with Crippen molar-refractivity contribution >= 4 is 34.8 Å². The lowest BCUT2D eigenvalue weighted by Crippen LogP contribution is -2.19. The van der Waals surface area contributed by atoms with Crippen molar-refractivity contribution in [1.82, 2.24) is 0 Å². The van der Waals surface area contributed by atoms with Crippen LogP contribution in [0.2, 0.25) is 15.1 Å². The second-order valence-corrected chi connectivity index (χ2v) is 15.3. The first-order chi connectivity index (χ1) is 26.9. The summed E-state index contributed by atoms with van der Waals surface area (Å²) in [6, 6.07) is 43.1. The van der Waals surface area contributed by atoms with Gasteiger partial charge in [0, 0.05) is 37.7 Å². The lowest BCUT2D eigenvalue weighted by molar-refractivity contribution is -0.153. The van der Waals surface area contributed by atoms with Crippen molar-refractivity contribution < 1.29 is 22.6 Å². The molecule has 0 fully saturated rings. The second-order valence-electron chi connectivity index (χ2n) is 14.1. The summed E-state index contributed by atoms with van der Waals surface area (Å²) in [7, 11) is 1.57. The standard InChI is InChI=1S/C48H42Cl3F3O2/c1-31(37-11-7-13-39(49)28-37)15-16-33-17-20-45(50)43(24-33)44-27-35(18-21-46(44)51)25-41(36-9-5-4-6-10-36)32(2)23-34-19-22-47(55-3)42(26-34)38-12-8-14-40(29-38)56-30-48(52,53)54/h4-14,17-22,24,26-29,31,41H,2,15-16,23,25,30H2,1,3H3/t31-,41?/m0/s1. The smallest absolute Gasteiger partial charge is 0.422 e. The van der Waals surface area contributed by atoms with Crippen LogP contribution in [-0.2, 0) is 19.3 Å². The van der Waals surface area contributed by atoms with E-state index in [1.165, 1.54) is 17.2 Å². The average molecular weight is 814 g/mol. The van der Waals surface area contributed by atoms with E-state index in [2.05, 4.69) is 56.0 Å². The molecule has 0 radical (unpaired) electrons. The maximum absolute atomic E-state index is 12.9. The zero-order valence-corrected chi connectivity index (χ0v) is 33.5. The Morgan fingerprint density at radius 2 is 1.32 bits per heavy atom. The Morgan fingerprint density at radius 1 is 0.679 bits per heavy atom. The third kappa shape index (κ3) is 10.8. The van der Waals surface area contributed by atoms with Gasteiger partial charge in [-0.05, 0) is 126 Å². The minimum Gasteiger partial charge on any atom is -0.496 e. The predicted octanol–water partition coefficient (Wildman–Crippen LogP) is 14.8. The molecule has 288 valence electrons. The van der Waals surface area contributed by atoms with Crippen molar-refractivity contribution in [2.45, 2.75) is 50.6 Å². The molecule has 0 amide bonds. The fraction of sp³-hybridized carbons (Fsp3) is 0.208. The minimum atomic E-state index is -4.44. The summed E-state index contributed by atoms with van der Waals surface area (Å²) in [5.74, 6) is 1.02. The predicted molar refractivity (Wildman–Crippen MR) is 226 cm³/mol. The van der Waals surface area contributed by atoms with Crippen LogP contribution in [0, 0.1) is 0 Å². The number of hydrogen-bond donors (Lipinski definition) is 0. The van der Waals surface area contributed by atoms with Gasteiger partial charge in [0.05, 0.1) is 7.11 Å². The zero-order valence-electron chi connectivity index (χ0n) is 31.2. The van der Waals surface area contributed by atoms with E-state index < -0.39 is 12.8 Å². The van der Waals surface area contributed by atoms with Crippen LogP contribution in [0.1, 0.15) is 53.0 Å². The normalized spacial score (nSPS) is 12.6. The third-order valence-corrected chi connectivity index (χ3v) is 10.9. The largest absolute Gasteiger partial charge is 0.496 e. The van der Waals surface area contributed by atoms with Crippen LogP contribution in [0.3, 0.4) is 0 Å². The van der Waals surface area contributed by atoms with Crippen molar-refractivity contribution in [2.75, 3.05) is 13.7 Å². The summed E-state index contributed by atoms with van der Waals surface area (Å²) in [6.07, 6.45) is -1.39. The van der Waals surface area contributed by atoms with Gasteiger partial charge in [-0.3, -0.25) is 0 Å². The highest BCUT2D eigenvalue weighted by Gasteiger charge is 2.28. The quantitative estimate of drug-likeness (QED) is 0.0962. The molecule has 6 aromatic rings. The van der Waals surface area contributed by atoms with Crippen molar-refractivity contribution in [3.05, 3.63) is 188 Å². The van der Waals surface area contributed by atoms with Gasteiger partial charge in [0.1, 0.15) is 11.5 Å². The summed E-state index contributed by atoms with van der Waals surface area (Å²) >= 11 is 20.0. The average Bonchev–Trinajstić information content (AvgIpc) is 3.19. The molecule has 56 heavy (non-hydrogen) atoms. The minimum absolute atomic E-state index is 0.0374. The van der Waals surface area contributed by atoms with Gasteiger partial charge >= 0.3 is 6.18 Å². The van der Waals surface area contributed by atoms with Crippen molar-refractivity contribution in [1.29, 1.82) is 0 Å². The van der Waals surface area contributed by atoms with Gasteiger partial charge in [0.2, 0.25) is 0 Å². The third-order valence-electron chi connectivity index (χ3n) is 10.0. The summed E-state index contributed by atoms with van der Waals surface area (Å²) in [5.41, 5.74) is 9.78. The molecule has 6 aromatic carbocycles. The molecule has 0 saturated heterocycles. The molecule has 0 bridgehead atoms. The van der Waals surface area contributed by atoms with Crippen LogP contribution in [0.4, 0.5) is 13.2 Å². The first-order valence-corrected chi connectivity index (χ1v) is 19.5. The van der Waals surface area contributed by atoms with E-state index in [-0.39, 0.29) is 11.7 Å². The Labute approximate surface area is 342 Å². The Morgan fingerprint density at radius 3 is 2.02 bits per heavy atom. The molecule has 0 heterocycles. The van der Waals surface area contributed by atoms with Gasteiger partial charge in [-0.15, -0.1) is 0 Å². The van der Waals surface area contributed by atoms with E-state index in [0.29, 0.717) is 40.1 Å². The highest BCUT2D eigenvalue weighted by atomic mass is 35.5. The topological polar surface area (TPSA) is 18.5 Å². The molecule has 0 spiro atoms. The molecule has 0 aromatic heterocycles. The molecule has 2 nitrogen and oxygen atoms in total. The lowest BCUT2D eigenvalue weighted by Gasteiger charge is -2.22. The van der Waals surface area contributed by atoms with Crippen LogP contribution >= 0.6 is 34.8 Å². The number of methoxy groups -OCH3 is 1. The van der Waals surface area contributed by atoms with Gasteiger partial charge in [0.25, 0.3) is 0 Å². The molecule has 8 heteroatoms. The van der Waals surface area contributed by atoms with Gasteiger partial charge in [-0.25, -0.2) is 0 Å². The van der Waals surface area contributed by atoms with Gasteiger partial charge < -0.3 is 9.47 Å². The maximum atomic E-state index is 12.9. The van der Waals surface area contributed by atoms with Gasteiger partial charge in [-0.1, -0.05) is 127 Å². The first kappa shape index (κ1) is 41.0. The van der Waals surface area contributed by atoms with Gasteiger partial charge in [0.15, 0.2) is 6.61 Å². The Kier molecular flexibility index (Phi) is 13.5. The highest BCUT2D eigenvalue weighted by molar-refractivity contribution is 6.36. The molecule has 1 unspecified atom stereocenters. The van der Waals surface area contributed by atoms with Crippen LogP contribution in [0.15, 0.2) is 146 Å². The summed E-state index contributed by atoms with van der Waals surface area (Å²) in [6.45, 7) is 5.45. The van der Waals surface area contributed by atoms with Crippen molar-refractivity contribution in [3.63, 3.8) is 0 Å². The molecule has 0 N–H and O–H groups in total. The zero-order chi connectivity index (χ0) is 39.8. The molecular formula is C48H42Cl3F3O2. The summed E-state index contributed by atoms with van der Waals surface area (Å²) < 4.78 is 49.3. The fourth-order valence-corrected chi connectivity index (χ4v) is 7.65. The Hall–Kier alpha value is -4.68. The van der Waals surface area contributed by atoms with Crippen LogP contribution in [-0.4, -0.2) is 19.9 Å². The van der Waals surface area contributed by atoms with E-state index in [4.69, 9.17) is 44.3 Å². The SMILES string of the molecule is C=C(Cc1ccc(OC)c(-c2cccc(OCC(F)(F)F)c2)c1)C(Cc1ccc(Cl)c(-c2cc(CC[C@H](C)c3cccc(Cl)c3)ccc2Cl)c1)c1ccccc1. The molecule has 0 saturated carbocycles. The number of ether oxygens (including phenoxy) is 2. The second kappa shape index (κ2) is 18.5. The van der Waals surface area contributed by atoms with Crippen molar-refractivity contribution in [3.8, 4) is 33.8 Å². The van der Waals surface area contributed by atoms with E-state index >= 15 is 0 Å². The van der Waals surface area contributed by atoms with Crippen LogP contribution in [0.25, 0.3) is 22.3 Å². The number of benzene rings is 6. The maximum Gasteiger partial charge on any atom is 0.422 e. The monoisotopic (exact) mass is 812 g/mol. The number of alkyl halides is 3. The fourth-order valence-electron chi connectivity index (χ4n) is 7.02. The van der Waals surface area contributed by atoms with E-state index in [9.17, 15) is 13.2 Å². The number of allylic oxidation sites excluding steroid dienone is 1. The first-order valence-electron chi connectivity index (χ1n) is 18.4. The highest BCUT2D eigenvalue weighted by Crippen LogP contribution is 2.39. The molecular weight excluding hydrogens is 772 g/mol. The summed E-state index contributed by atoms with van der Waals surface area (Å²) in [4.78, 5) is 0. The molecule has 0 aliphatic carbocycles. The number of hydrogen-bond acceptors (Lipinski definition) is 2. The molecule has 6 rings (SSSR count). The van der Waals surface area contributed by atoms with Crippen LogP contribution < -0.4 is 9.47 Å². The van der Waals surface area contributed by atoms with E-state index in [1.807, 2.05) is 72.8 Å². The lowest BCUT2D eigenvalue weighted by atomic mass is 9.83. The van der Waals surface area contributed by atoms with E-state index in [0.717, 1.165) is 56.8 Å². The molecule has 2 atom stereocenters. The number of halogens is 6. The molecule has 0 aliphatic rings. The number of rotatable bonds is 15. The van der Waals surface area contributed by atoms with Gasteiger partial charge in [-0.2, -0.15) is 13.2 Å². The summed E-state index contributed by atoms with van der Waals surface area (Å²) in [5, 5.41) is 1.99. The molecule has 0 aliphatic heterocycles. The Balaban J connectivity index is 1.24. The Bertz CT molecular complexity index is 2290.